The van der Waals surface area contributed by atoms with Gasteiger partial charge in [-0.3, -0.25) is 4.79 Å². The van der Waals surface area contributed by atoms with Gasteiger partial charge in [-0.05, 0) is 44.3 Å². The molecule has 0 aliphatic carbocycles. The monoisotopic (exact) mass is 410 g/mol. The van der Waals surface area contributed by atoms with Crippen molar-refractivity contribution in [2.24, 2.45) is 0 Å². The number of ether oxygens (including phenoxy) is 1. The summed E-state index contributed by atoms with van der Waals surface area (Å²) in [5, 5.41) is 0. The normalized spacial score (nSPS) is 10.9. The van der Waals surface area contributed by atoms with Crippen molar-refractivity contribution in [1.29, 1.82) is 0 Å². The highest BCUT2D eigenvalue weighted by atomic mass is 79.9. The van der Waals surface area contributed by atoms with Crippen LogP contribution in [0.2, 0.25) is 0 Å². The Morgan fingerprint density at radius 2 is 1.89 bits per heavy atom. The van der Waals surface area contributed by atoms with E-state index in [2.05, 4.69) is 38.8 Å². The predicted molar refractivity (Wildman–Crippen MR) is 88.2 cm³/mol. The molecule has 0 saturated heterocycles. The Balaban J connectivity index is 2.09. The fourth-order valence-corrected chi connectivity index (χ4v) is 4.61. The summed E-state index contributed by atoms with van der Waals surface area (Å²) in [5.74, 6) is 0.0415. The minimum Gasteiger partial charge on any atom is -0.373 e. The number of hydrogen-bond donors (Lipinski definition) is 0. The molecule has 0 spiro atoms. The Bertz CT molecular complexity index is 391. The predicted octanol–water partition coefficient (Wildman–Crippen LogP) is 5.83. The second-order valence-corrected chi connectivity index (χ2v) is 8.23. The summed E-state index contributed by atoms with van der Waals surface area (Å²) in [7, 11) is 0. The van der Waals surface area contributed by atoms with E-state index in [4.69, 9.17) is 4.74 Å². The number of carbonyl (C=O) groups excluding carboxylic acids is 1. The molecule has 1 rings (SSSR count). The van der Waals surface area contributed by atoms with Crippen LogP contribution < -0.4 is 0 Å². The zero-order valence-corrected chi connectivity index (χ0v) is 15.2. The molecule has 1 aromatic heterocycles. The van der Waals surface area contributed by atoms with Crippen LogP contribution in [0.3, 0.4) is 0 Å². The van der Waals surface area contributed by atoms with Crippen molar-refractivity contribution in [3.05, 3.63) is 19.2 Å². The lowest BCUT2D eigenvalue weighted by Crippen LogP contribution is -2.09. The maximum atomic E-state index is 11.9. The third-order valence-electron chi connectivity index (χ3n) is 2.83. The van der Waals surface area contributed by atoms with Crippen molar-refractivity contribution in [2.75, 3.05) is 13.2 Å². The van der Waals surface area contributed by atoms with E-state index in [-0.39, 0.29) is 12.4 Å². The summed E-state index contributed by atoms with van der Waals surface area (Å²) in [4.78, 5) is 11.9. The molecule has 0 N–H and O–H groups in total. The molecular formula is C14H20Br2O2S. The molecule has 0 radical (unpaired) electrons. The quantitative estimate of drug-likeness (QED) is 0.357. The second-order valence-electron chi connectivity index (χ2n) is 4.48. The van der Waals surface area contributed by atoms with E-state index in [0.29, 0.717) is 12.2 Å². The first-order chi connectivity index (χ1) is 9.15. The maximum absolute atomic E-state index is 11.9. The Hall–Kier alpha value is 0.290. The average Bonchev–Trinajstić information content (AvgIpc) is 2.71. The molecule has 2 nitrogen and oxygen atoms in total. The summed E-state index contributed by atoms with van der Waals surface area (Å²) in [6, 6.07) is 1.84. The molecule has 5 heteroatoms. The highest BCUT2D eigenvalue weighted by molar-refractivity contribution is 9.12. The van der Waals surface area contributed by atoms with Crippen molar-refractivity contribution in [1.82, 2.24) is 0 Å². The zero-order valence-electron chi connectivity index (χ0n) is 11.2. The number of thiophene rings is 1. The first-order valence-electron chi connectivity index (χ1n) is 6.71. The summed E-state index contributed by atoms with van der Waals surface area (Å²) in [6.45, 7) is 3.08. The molecule has 0 amide bonds. The Labute approximate surface area is 136 Å². The number of hydrogen-bond acceptors (Lipinski definition) is 3. The van der Waals surface area contributed by atoms with E-state index in [1.54, 1.807) is 0 Å². The highest BCUT2D eigenvalue weighted by Crippen LogP contribution is 2.32. The van der Waals surface area contributed by atoms with Crippen LogP contribution in [0.1, 0.15) is 55.8 Å². The molecule has 1 heterocycles. The largest absolute Gasteiger partial charge is 0.373 e. The molecule has 0 fully saturated rings. The van der Waals surface area contributed by atoms with E-state index in [9.17, 15) is 4.79 Å². The molecule has 0 aliphatic rings. The van der Waals surface area contributed by atoms with Gasteiger partial charge in [-0.1, -0.05) is 39.0 Å². The SMILES string of the molecule is CCCCCCCCOCC(=O)c1cc(Br)sc1Br. The third-order valence-corrected chi connectivity index (χ3v) is 5.17. The van der Waals surface area contributed by atoms with E-state index >= 15 is 0 Å². The van der Waals surface area contributed by atoms with E-state index in [1.807, 2.05) is 6.07 Å². The lowest BCUT2D eigenvalue weighted by Gasteiger charge is -2.03. The number of ketones is 1. The number of unbranched alkanes of at least 4 members (excludes halogenated alkanes) is 5. The van der Waals surface area contributed by atoms with Crippen molar-refractivity contribution in [2.45, 2.75) is 45.4 Å². The summed E-state index contributed by atoms with van der Waals surface area (Å²) >= 11 is 8.27. The van der Waals surface area contributed by atoms with Crippen LogP contribution in [0.15, 0.2) is 13.6 Å². The van der Waals surface area contributed by atoms with Crippen molar-refractivity contribution in [3.8, 4) is 0 Å². The van der Waals surface area contributed by atoms with Crippen LogP contribution in [0.4, 0.5) is 0 Å². The van der Waals surface area contributed by atoms with Crippen molar-refractivity contribution >= 4 is 49.0 Å². The van der Waals surface area contributed by atoms with Gasteiger partial charge in [-0.25, -0.2) is 0 Å². The molecule has 0 aliphatic heterocycles. The van der Waals surface area contributed by atoms with Gasteiger partial charge in [-0.15, -0.1) is 11.3 Å². The smallest absolute Gasteiger partial charge is 0.190 e. The lowest BCUT2D eigenvalue weighted by molar-refractivity contribution is 0.0752. The summed E-state index contributed by atoms with van der Waals surface area (Å²) in [5.41, 5.74) is 0.708. The molecule has 0 saturated carbocycles. The highest BCUT2D eigenvalue weighted by Gasteiger charge is 2.13. The van der Waals surface area contributed by atoms with Gasteiger partial charge in [0.15, 0.2) is 5.78 Å². The first kappa shape index (κ1) is 17.3. The number of Topliss-reactive ketones (excluding diaryl/α,β-unsaturated/α-hetero) is 1. The Morgan fingerprint density at radius 3 is 2.53 bits per heavy atom. The first-order valence-corrected chi connectivity index (χ1v) is 9.11. The summed E-state index contributed by atoms with van der Waals surface area (Å²) < 4.78 is 7.26. The van der Waals surface area contributed by atoms with Gasteiger partial charge in [0.1, 0.15) is 6.61 Å². The zero-order chi connectivity index (χ0) is 14.1. The molecule has 19 heavy (non-hydrogen) atoms. The third kappa shape index (κ3) is 7.02. The minimum absolute atomic E-state index is 0.0415. The number of rotatable bonds is 10. The van der Waals surface area contributed by atoms with E-state index in [1.165, 1.54) is 43.4 Å². The molecular weight excluding hydrogens is 392 g/mol. The van der Waals surface area contributed by atoms with Crippen LogP contribution in [0, 0.1) is 0 Å². The van der Waals surface area contributed by atoms with Crippen molar-refractivity contribution in [3.63, 3.8) is 0 Å². The maximum Gasteiger partial charge on any atom is 0.190 e. The molecule has 0 aromatic carbocycles. The number of carbonyl (C=O) groups is 1. The molecule has 0 atom stereocenters. The van der Waals surface area contributed by atoms with E-state index in [0.717, 1.165) is 14.0 Å². The van der Waals surface area contributed by atoms with Gasteiger partial charge in [-0.2, -0.15) is 0 Å². The number of halogens is 2. The molecule has 0 unspecified atom stereocenters. The van der Waals surface area contributed by atoms with Crippen LogP contribution in [-0.2, 0) is 4.74 Å². The summed E-state index contributed by atoms with van der Waals surface area (Å²) in [6.07, 6.45) is 7.42. The Morgan fingerprint density at radius 1 is 1.21 bits per heavy atom. The van der Waals surface area contributed by atoms with Gasteiger partial charge in [0, 0.05) is 12.2 Å². The van der Waals surface area contributed by atoms with Crippen molar-refractivity contribution < 1.29 is 9.53 Å². The second kappa shape index (κ2) is 10.1. The molecule has 0 bridgehead atoms. The minimum atomic E-state index is 0.0415. The van der Waals surface area contributed by atoms with Gasteiger partial charge in [0.05, 0.1) is 7.57 Å². The molecule has 1 aromatic rings. The topological polar surface area (TPSA) is 26.3 Å². The fraction of sp³-hybridized carbons (Fsp3) is 0.643. The van der Waals surface area contributed by atoms with Crippen LogP contribution in [0.25, 0.3) is 0 Å². The average molecular weight is 412 g/mol. The fourth-order valence-electron chi connectivity index (χ4n) is 1.76. The van der Waals surface area contributed by atoms with Crippen LogP contribution in [0.5, 0.6) is 0 Å². The van der Waals surface area contributed by atoms with E-state index < -0.39 is 0 Å². The standard InChI is InChI=1S/C14H20Br2O2S/c1-2-3-4-5-6-7-8-18-10-12(17)11-9-13(15)19-14(11)16/h9H,2-8,10H2,1H3. The van der Waals surface area contributed by atoms with Gasteiger partial charge < -0.3 is 4.74 Å². The lowest BCUT2D eigenvalue weighted by atomic mass is 10.1. The van der Waals surface area contributed by atoms with Crippen LogP contribution >= 0.6 is 43.2 Å². The van der Waals surface area contributed by atoms with Gasteiger partial charge >= 0.3 is 0 Å². The van der Waals surface area contributed by atoms with Crippen LogP contribution in [-0.4, -0.2) is 19.0 Å². The Kier molecular flexibility index (Phi) is 9.20. The van der Waals surface area contributed by atoms with Gasteiger partial charge in [0.25, 0.3) is 0 Å². The van der Waals surface area contributed by atoms with Gasteiger partial charge in [0.2, 0.25) is 0 Å². The molecule has 108 valence electrons.